The lowest BCUT2D eigenvalue weighted by Crippen LogP contribution is -2.38. The number of thiazole rings is 1. The minimum atomic E-state index is -1.08. The first-order chi connectivity index (χ1) is 14.5. The highest BCUT2D eigenvalue weighted by Gasteiger charge is 2.28. The molecule has 1 aliphatic rings. The van der Waals surface area contributed by atoms with E-state index in [0.717, 1.165) is 25.7 Å². The molecule has 2 amide bonds. The van der Waals surface area contributed by atoms with Gasteiger partial charge in [-0.1, -0.05) is 25.0 Å². The number of esters is 1. The van der Waals surface area contributed by atoms with E-state index in [1.807, 2.05) is 0 Å². The molecule has 1 fully saturated rings. The second kappa shape index (κ2) is 10.7. The third kappa shape index (κ3) is 6.28. The molecule has 1 aromatic carbocycles. The zero-order valence-electron chi connectivity index (χ0n) is 16.8. The number of ether oxygens (including phenoxy) is 2. The molecular formula is C21H25N3O5S. The average molecular weight is 432 g/mol. The number of aromatic nitrogens is 1. The summed E-state index contributed by atoms with van der Waals surface area (Å²) in [6.45, 7) is 0. The molecule has 1 saturated carbocycles. The predicted octanol–water partition coefficient (Wildman–Crippen LogP) is 3.21. The van der Waals surface area contributed by atoms with Crippen molar-refractivity contribution in [3.05, 3.63) is 41.4 Å². The van der Waals surface area contributed by atoms with Crippen LogP contribution in [0.4, 0.5) is 5.13 Å². The molecule has 1 aromatic heterocycles. The van der Waals surface area contributed by atoms with E-state index < -0.39 is 12.1 Å². The number of anilines is 1. The maximum atomic E-state index is 12.8. The lowest BCUT2D eigenvalue weighted by atomic mass is 10.1. The average Bonchev–Trinajstić information content (AvgIpc) is 3.45. The Hall–Kier alpha value is -2.94. The number of hydrogen-bond acceptors (Lipinski definition) is 7. The summed E-state index contributed by atoms with van der Waals surface area (Å²) < 4.78 is 10.6. The second-order valence-corrected chi connectivity index (χ2v) is 7.91. The van der Waals surface area contributed by atoms with Crippen molar-refractivity contribution in [2.75, 3.05) is 12.4 Å². The molecule has 160 valence electrons. The van der Waals surface area contributed by atoms with Crippen molar-refractivity contribution in [1.29, 1.82) is 0 Å². The van der Waals surface area contributed by atoms with Crippen molar-refractivity contribution < 1.29 is 23.9 Å². The summed E-state index contributed by atoms with van der Waals surface area (Å²) in [5.74, 6) is -0.670. The van der Waals surface area contributed by atoms with E-state index >= 15 is 0 Å². The van der Waals surface area contributed by atoms with Crippen LogP contribution in [0.2, 0.25) is 0 Å². The van der Waals surface area contributed by atoms with E-state index in [9.17, 15) is 14.4 Å². The summed E-state index contributed by atoms with van der Waals surface area (Å²) in [5, 5.41) is 7.80. The molecule has 8 nitrogen and oxygen atoms in total. The van der Waals surface area contributed by atoms with Gasteiger partial charge in [-0.25, -0.2) is 4.98 Å². The molecule has 3 rings (SSSR count). The fourth-order valence-corrected chi connectivity index (χ4v) is 3.82. The molecule has 30 heavy (non-hydrogen) atoms. The monoisotopic (exact) mass is 431 g/mol. The molecule has 0 radical (unpaired) electrons. The van der Waals surface area contributed by atoms with E-state index in [4.69, 9.17) is 9.47 Å². The standard InChI is InChI=1S/C21H25N3O5S/c1-28-16-8-6-14(7-9-16)19(20(27)23-15-4-2-3-5-15)29-18(26)11-10-17(25)24-21-22-12-13-30-21/h6-9,12-13,15,19H,2-5,10-11H2,1H3,(H,23,27)(H,22,24,25)/t19-/m0/s1. The Morgan fingerprint density at radius 2 is 1.90 bits per heavy atom. The highest BCUT2D eigenvalue weighted by atomic mass is 32.1. The fourth-order valence-electron chi connectivity index (χ4n) is 3.27. The maximum Gasteiger partial charge on any atom is 0.307 e. The fraction of sp³-hybridized carbons (Fsp3) is 0.429. The van der Waals surface area contributed by atoms with Crippen LogP contribution >= 0.6 is 11.3 Å². The molecule has 2 aromatic rings. The Balaban J connectivity index is 1.60. The molecule has 0 spiro atoms. The molecule has 1 heterocycles. The van der Waals surface area contributed by atoms with E-state index in [1.54, 1.807) is 43.0 Å². The number of carbonyl (C=O) groups is 3. The normalized spacial score (nSPS) is 14.7. The van der Waals surface area contributed by atoms with Gasteiger partial charge in [0.05, 0.1) is 13.5 Å². The summed E-state index contributed by atoms with van der Waals surface area (Å²) >= 11 is 1.29. The first-order valence-corrected chi connectivity index (χ1v) is 10.8. The third-order valence-electron chi connectivity index (χ3n) is 4.84. The predicted molar refractivity (Wildman–Crippen MR) is 112 cm³/mol. The Bertz CT molecular complexity index is 848. The van der Waals surface area contributed by atoms with Gasteiger partial charge < -0.3 is 20.1 Å². The Morgan fingerprint density at radius 3 is 2.53 bits per heavy atom. The van der Waals surface area contributed by atoms with E-state index in [-0.39, 0.29) is 30.7 Å². The summed E-state index contributed by atoms with van der Waals surface area (Å²) in [4.78, 5) is 41.1. The molecule has 1 aliphatic carbocycles. The van der Waals surface area contributed by atoms with Crippen LogP contribution in [0.3, 0.4) is 0 Å². The molecular weight excluding hydrogens is 406 g/mol. The quantitative estimate of drug-likeness (QED) is 0.591. The smallest absolute Gasteiger partial charge is 0.307 e. The van der Waals surface area contributed by atoms with Crippen LogP contribution in [-0.2, 0) is 19.1 Å². The summed E-state index contributed by atoms with van der Waals surface area (Å²) in [5.41, 5.74) is 0.548. The molecule has 0 bridgehead atoms. The van der Waals surface area contributed by atoms with Crippen molar-refractivity contribution in [1.82, 2.24) is 10.3 Å². The van der Waals surface area contributed by atoms with Crippen molar-refractivity contribution in [3.8, 4) is 5.75 Å². The number of rotatable bonds is 9. The maximum absolute atomic E-state index is 12.8. The molecule has 2 N–H and O–H groups in total. The van der Waals surface area contributed by atoms with Crippen LogP contribution in [0.5, 0.6) is 5.75 Å². The van der Waals surface area contributed by atoms with Gasteiger partial charge in [0.15, 0.2) is 5.13 Å². The van der Waals surface area contributed by atoms with Gasteiger partial charge in [-0.3, -0.25) is 14.4 Å². The largest absolute Gasteiger partial charge is 0.497 e. The lowest BCUT2D eigenvalue weighted by molar-refractivity contribution is -0.157. The van der Waals surface area contributed by atoms with Crippen LogP contribution in [0.15, 0.2) is 35.8 Å². The van der Waals surface area contributed by atoms with Crippen molar-refractivity contribution >= 4 is 34.3 Å². The van der Waals surface area contributed by atoms with Crippen molar-refractivity contribution in [3.63, 3.8) is 0 Å². The summed E-state index contributed by atoms with van der Waals surface area (Å²) in [6, 6.07) is 6.91. The molecule has 9 heteroatoms. The minimum Gasteiger partial charge on any atom is -0.497 e. The van der Waals surface area contributed by atoms with Crippen LogP contribution in [-0.4, -0.2) is 35.9 Å². The topological polar surface area (TPSA) is 107 Å². The number of nitrogens with zero attached hydrogens (tertiary/aromatic N) is 1. The number of nitrogens with one attached hydrogen (secondary N) is 2. The molecule has 0 unspecified atom stereocenters. The van der Waals surface area contributed by atoms with Gasteiger partial charge in [-0.05, 0) is 25.0 Å². The Labute approximate surface area is 179 Å². The second-order valence-electron chi connectivity index (χ2n) is 7.02. The van der Waals surface area contributed by atoms with Gasteiger partial charge >= 0.3 is 5.97 Å². The number of carbonyl (C=O) groups excluding carboxylic acids is 3. The third-order valence-corrected chi connectivity index (χ3v) is 5.53. The van der Waals surface area contributed by atoms with Gasteiger partial charge in [-0.15, -0.1) is 11.3 Å². The van der Waals surface area contributed by atoms with E-state index in [1.165, 1.54) is 11.3 Å². The van der Waals surface area contributed by atoms with Gasteiger partial charge in [0.2, 0.25) is 12.0 Å². The Kier molecular flexibility index (Phi) is 7.78. The molecule has 0 saturated heterocycles. The van der Waals surface area contributed by atoms with E-state index in [0.29, 0.717) is 16.4 Å². The summed E-state index contributed by atoms with van der Waals surface area (Å²) in [6.07, 6.45) is 4.30. The lowest BCUT2D eigenvalue weighted by Gasteiger charge is -2.21. The zero-order valence-corrected chi connectivity index (χ0v) is 17.6. The molecule has 1 atom stereocenters. The number of hydrogen-bond donors (Lipinski definition) is 2. The van der Waals surface area contributed by atoms with Crippen LogP contribution in [0, 0.1) is 0 Å². The van der Waals surface area contributed by atoms with Crippen LogP contribution < -0.4 is 15.4 Å². The first kappa shape index (κ1) is 21.8. The van der Waals surface area contributed by atoms with Gasteiger partial charge in [0.25, 0.3) is 5.91 Å². The van der Waals surface area contributed by atoms with E-state index in [2.05, 4.69) is 15.6 Å². The number of methoxy groups -OCH3 is 1. The number of benzene rings is 1. The first-order valence-electron chi connectivity index (χ1n) is 9.88. The zero-order chi connectivity index (χ0) is 21.3. The Morgan fingerprint density at radius 1 is 1.17 bits per heavy atom. The van der Waals surface area contributed by atoms with Crippen molar-refractivity contribution in [2.45, 2.75) is 50.7 Å². The van der Waals surface area contributed by atoms with Gasteiger partial charge in [0, 0.05) is 29.6 Å². The summed E-state index contributed by atoms with van der Waals surface area (Å²) in [7, 11) is 1.55. The van der Waals surface area contributed by atoms with Crippen LogP contribution in [0.25, 0.3) is 0 Å². The number of amides is 2. The highest BCUT2D eigenvalue weighted by Crippen LogP contribution is 2.24. The van der Waals surface area contributed by atoms with Crippen LogP contribution in [0.1, 0.15) is 50.2 Å². The SMILES string of the molecule is COc1ccc([C@H](OC(=O)CCC(=O)Nc2nccs2)C(=O)NC2CCCC2)cc1. The van der Waals surface area contributed by atoms with Crippen molar-refractivity contribution in [2.24, 2.45) is 0 Å². The minimum absolute atomic E-state index is 0.0575. The molecule has 0 aliphatic heterocycles. The highest BCUT2D eigenvalue weighted by molar-refractivity contribution is 7.13. The van der Waals surface area contributed by atoms with Gasteiger partial charge in [0.1, 0.15) is 5.75 Å². The van der Waals surface area contributed by atoms with Gasteiger partial charge in [-0.2, -0.15) is 0 Å².